The van der Waals surface area contributed by atoms with E-state index in [1.54, 1.807) is 0 Å². The molecule has 1 saturated heterocycles. The molecule has 2 fully saturated rings. The molecule has 22 heavy (non-hydrogen) atoms. The molecule has 0 aromatic heterocycles. The van der Waals surface area contributed by atoms with Crippen LogP contribution in [0.25, 0.3) is 0 Å². The summed E-state index contributed by atoms with van der Waals surface area (Å²) in [5.41, 5.74) is 0. The van der Waals surface area contributed by atoms with Gasteiger partial charge in [-0.3, -0.25) is 9.59 Å². The quantitative estimate of drug-likeness (QED) is 0.561. The lowest BCUT2D eigenvalue weighted by molar-refractivity contribution is -0.759. The molecule has 1 saturated carbocycles. The van der Waals surface area contributed by atoms with Crippen molar-refractivity contribution >= 4 is 22.9 Å². The van der Waals surface area contributed by atoms with Gasteiger partial charge in [0.25, 0.3) is 10.3 Å². The summed E-state index contributed by atoms with van der Waals surface area (Å²) < 4.78 is 0. The molecular formula is C13H21N3O5S. The molecule has 124 valence electrons. The maximum atomic E-state index is 12.1. The van der Waals surface area contributed by atoms with Gasteiger partial charge < -0.3 is 15.5 Å². The summed E-state index contributed by atoms with van der Waals surface area (Å²) >= 11 is 1.12. The fourth-order valence-corrected chi connectivity index (χ4v) is 3.77. The molecule has 1 unspecified atom stereocenters. The van der Waals surface area contributed by atoms with Crippen molar-refractivity contribution in [3.05, 3.63) is 10.1 Å². The molecule has 1 aliphatic carbocycles. The Morgan fingerprint density at radius 1 is 1.50 bits per heavy atom. The van der Waals surface area contributed by atoms with Gasteiger partial charge in [0, 0.05) is 11.8 Å². The number of amides is 2. The first-order valence-corrected chi connectivity index (χ1v) is 8.45. The summed E-state index contributed by atoms with van der Waals surface area (Å²) in [6, 6.07) is -0.405. The van der Waals surface area contributed by atoms with Crippen molar-refractivity contribution in [1.29, 1.82) is 0 Å². The van der Waals surface area contributed by atoms with Crippen LogP contribution in [0.3, 0.4) is 0 Å². The molecule has 1 heterocycles. The number of nitrogens with zero attached hydrogens (tertiary/aromatic N) is 1. The van der Waals surface area contributed by atoms with Crippen molar-refractivity contribution in [1.82, 2.24) is 10.6 Å². The molecule has 0 radical (unpaired) electrons. The van der Waals surface area contributed by atoms with Gasteiger partial charge in [-0.2, -0.15) is 0 Å². The molecule has 2 aliphatic rings. The van der Waals surface area contributed by atoms with E-state index in [1.807, 2.05) is 6.92 Å². The summed E-state index contributed by atoms with van der Waals surface area (Å²) in [6.07, 6.45) is 3.57. The monoisotopic (exact) mass is 331 g/mol. The molecule has 8 nitrogen and oxygen atoms in total. The van der Waals surface area contributed by atoms with Crippen molar-refractivity contribution in [2.24, 2.45) is 11.8 Å². The number of carbonyl (C=O) groups is 2. The van der Waals surface area contributed by atoms with Gasteiger partial charge in [-0.05, 0) is 44.4 Å². The van der Waals surface area contributed by atoms with Crippen LogP contribution in [-0.4, -0.2) is 40.7 Å². The molecule has 2 N–H and O–H groups in total. The van der Waals surface area contributed by atoms with E-state index in [9.17, 15) is 19.7 Å². The van der Waals surface area contributed by atoms with Crippen LogP contribution in [0, 0.1) is 22.0 Å². The highest BCUT2D eigenvalue weighted by molar-refractivity contribution is 8.14. The van der Waals surface area contributed by atoms with E-state index in [2.05, 4.69) is 15.5 Å². The molecule has 0 spiro atoms. The lowest BCUT2D eigenvalue weighted by Gasteiger charge is -2.32. The fraction of sp³-hybridized carbons (Fsp3) is 0.846. The highest BCUT2D eigenvalue weighted by Gasteiger charge is 2.31. The van der Waals surface area contributed by atoms with Crippen LogP contribution in [0.1, 0.15) is 32.6 Å². The van der Waals surface area contributed by atoms with Gasteiger partial charge >= 0.3 is 0 Å². The Labute approximate surface area is 132 Å². The number of thioether (sulfide) groups is 1. The Bertz CT molecular complexity index is 439. The van der Waals surface area contributed by atoms with Gasteiger partial charge in [-0.15, -0.1) is 10.1 Å². The summed E-state index contributed by atoms with van der Waals surface area (Å²) in [5.74, 6) is 0.919. The predicted octanol–water partition coefficient (Wildman–Crippen LogP) is 1.33. The van der Waals surface area contributed by atoms with Gasteiger partial charge in [0.15, 0.2) is 0 Å². The maximum Gasteiger partial charge on any atom is 0.294 e. The number of hydrogen-bond donors (Lipinski definition) is 2. The third kappa shape index (κ3) is 4.75. The van der Waals surface area contributed by atoms with Crippen LogP contribution in [0.5, 0.6) is 0 Å². The van der Waals surface area contributed by atoms with Crippen molar-refractivity contribution in [3.8, 4) is 0 Å². The minimum atomic E-state index is -0.747. The first kappa shape index (κ1) is 16.9. The number of hydrogen-bond acceptors (Lipinski definition) is 6. The lowest BCUT2D eigenvalue weighted by atomic mass is 9.79. The van der Waals surface area contributed by atoms with E-state index in [0.717, 1.165) is 37.4 Å². The van der Waals surface area contributed by atoms with Crippen LogP contribution in [0.15, 0.2) is 0 Å². The van der Waals surface area contributed by atoms with E-state index < -0.39 is 11.1 Å². The predicted molar refractivity (Wildman–Crippen MR) is 80.8 cm³/mol. The molecule has 2 rings (SSSR count). The van der Waals surface area contributed by atoms with E-state index in [4.69, 9.17) is 0 Å². The van der Waals surface area contributed by atoms with Crippen LogP contribution < -0.4 is 10.6 Å². The first-order chi connectivity index (χ1) is 10.5. The van der Waals surface area contributed by atoms with E-state index in [1.165, 1.54) is 0 Å². The molecule has 0 aromatic carbocycles. The third-order valence-corrected chi connectivity index (χ3v) is 5.25. The minimum Gasteiger partial charge on any atom is -0.352 e. The summed E-state index contributed by atoms with van der Waals surface area (Å²) in [6.45, 7) is 2.13. The van der Waals surface area contributed by atoms with Gasteiger partial charge in [0.1, 0.15) is 6.04 Å². The second kappa shape index (κ2) is 7.66. The highest BCUT2D eigenvalue weighted by Crippen LogP contribution is 2.31. The van der Waals surface area contributed by atoms with Crippen molar-refractivity contribution in [2.75, 3.05) is 12.4 Å². The van der Waals surface area contributed by atoms with E-state index in [0.29, 0.717) is 11.7 Å². The van der Waals surface area contributed by atoms with Crippen LogP contribution in [0.4, 0.5) is 4.79 Å². The van der Waals surface area contributed by atoms with E-state index in [-0.39, 0.29) is 29.7 Å². The van der Waals surface area contributed by atoms with Gasteiger partial charge in [-0.25, -0.2) is 0 Å². The molecule has 1 aliphatic heterocycles. The van der Waals surface area contributed by atoms with Crippen LogP contribution >= 0.6 is 11.8 Å². The summed E-state index contributed by atoms with van der Waals surface area (Å²) in [5, 5.41) is 14.9. The normalized spacial score (nSPS) is 29.5. The number of nitrogens with one attached hydrogen (secondary N) is 2. The molecule has 2 atom stereocenters. The average Bonchev–Trinajstić information content (AvgIpc) is 2.92. The van der Waals surface area contributed by atoms with Gasteiger partial charge in [0.05, 0.1) is 6.61 Å². The third-order valence-electron chi connectivity index (χ3n) is 4.37. The zero-order valence-electron chi connectivity index (χ0n) is 12.4. The van der Waals surface area contributed by atoms with Crippen LogP contribution in [-0.2, 0) is 9.63 Å². The summed E-state index contributed by atoms with van der Waals surface area (Å²) in [7, 11) is 0. The zero-order valence-corrected chi connectivity index (χ0v) is 13.3. The molecular weight excluding hydrogens is 310 g/mol. The minimum absolute atomic E-state index is 0.0346. The summed E-state index contributed by atoms with van der Waals surface area (Å²) in [4.78, 5) is 37.8. The van der Waals surface area contributed by atoms with Crippen molar-refractivity contribution in [3.63, 3.8) is 0 Å². The van der Waals surface area contributed by atoms with Gasteiger partial charge in [-0.1, -0.05) is 11.8 Å². The SMILES string of the molecule is CC(NC(=O)[C@@H]1CSC(=O)N1)C1CCC(CO[N+](=O)[O-])CC1. The average molecular weight is 331 g/mol. The molecule has 0 aromatic rings. The topological polar surface area (TPSA) is 111 Å². The second-order valence-electron chi connectivity index (χ2n) is 5.89. The number of carbonyl (C=O) groups excluding carboxylic acids is 2. The Balaban J connectivity index is 1.70. The molecule has 2 amide bonds. The van der Waals surface area contributed by atoms with Crippen molar-refractivity contribution < 1.29 is 19.5 Å². The van der Waals surface area contributed by atoms with Crippen LogP contribution in [0.2, 0.25) is 0 Å². The lowest BCUT2D eigenvalue weighted by Crippen LogP contribution is -2.48. The highest BCUT2D eigenvalue weighted by atomic mass is 32.2. The van der Waals surface area contributed by atoms with Crippen molar-refractivity contribution in [2.45, 2.75) is 44.7 Å². The molecule has 0 bridgehead atoms. The second-order valence-corrected chi connectivity index (χ2v) is 6.89. The maximum absolute atomic E-state index is 12.1. The Hall–Kier alpha value is -1.51. The Kier molecular flexibility index (Phi) is 5.87. The smallest absolute Gasteiger partial charge is 0.294 e. The Morgan fingerprint density at radius 3 is 2.73 bits per heavy atom. The first-order valence-electron chi connectivity index (χ1n) is 7.46. The Morgan fingerprint density at radius 2 is 2.18 bits per heavy atom. The number of rotatable bonds is 6. The standard InChI is InChI=1S/C13H21N3O5S/c1-8(14-12(17)11-7-22-13(18)15-11)10-4-2-9(3-5-10)6-21-16(19)20/h8-11H,2-7H2,1H3,(H,14,17)(H,15,18)/t8?,9?,10?,11-/m0/s1. The fourth-order valence-electron chi connectivity index (χ4n) is 2.99. The zero-order chi connectivity index (χ0) is 16.1. The molecule has 9 heteroatoms. The van der Waals surface area contributed by atoms with E-state index >= 15 is 0 Å². The largest absolute Gasteiger partial charge is 0.352 e. The van der Waals surface area contributed by atoms with Gasteiger partial charge in [0.2, 0.25) is 5.91 Å².